The standard InChI is InChI=1S/C24H17N2.C15H12N2.Au/c1-3-9-18(10-4-1)26(19-11-5-2-6-12-19)20-15-16-24-22(17-20)21-13-7-8-14-23(21)25-24;1-3-7-14(8-4-1)16-11-12-17(13-16)15-9-5-2-6-10-15;/h1-17H;1-12H;/q-1;+2;+1. The van der Waals surface area contributed by atoms with E-state index >= 15 is 0 Å². The van der Waals surface area contributed by atoms with E-state index in [4.69, 9.17) is 4.98 Å². The van der Waals surface area contributed by atoms with Crippen LogP contribution < -0.4 is 9.88 Å². The Balaban J connectivity index is 0.000000166. The predicted molar refractivity (Wildman–Crippen MR) is 176 cm³/mol. The molecule has 0 saturated heterocycles. The van der Waals surface area contributed by atoms with Gasteiger partial charge < -0.3 is 9.88 Å². The van der Waals surface area contributed by atoms with Crippen LogP contribution in [0.1, 0.15) is 0 Å². The third-order valence-electron chi connectivity index (χ3n) is 7.35. The van der Waals surface area contributed by atoms with E-state index in [1.54, 1.807) is 0 Å². The molecule has 0 N–H and O–H groups in total. The molecule has 0 atom stereocenters. The van der Waals surface area contributed by atoms with Crippen LogP contribution >= 0.6 is 0 Å². The molecule has 5 heteroatoms. The largest absolute Gasteiger partial charge is 1.00 e. The van der Waals surface area contributed by atoms with Crippen LogP contribution in [0.4, 0.5) is 28.4 Å². The van der Waals surface area contributed by atoms with E-state index in [-0.39, 0.29) is 22.4 Å². The van der Waals surface area contributed by atoms with Crippen LogP contribution in [0.5, 0.6) is 0 Å². The molecule has 0 bridgehead atoms. The molecule has 2 heterocycles. The first kappa shape index (κ1) is 28.9. The monoisotopic (exact) mass is 750 g/mol. The summed E-state index contributed by atoms with van der Waals surface area (Å²) in [6.07, 6.45) is 4.00. The smallest absolute Gasteiger partial charge is 0.657 e. The Morgan fingerprint density at radius 2 is 0.886 bits per heavy atom. The van der Waals surface area contributed by atoms with Crippen LogP contribution in [-0.4, -0.2) is 15.2 Å². The maximum absolute atomic E-state index is 4.74. The number of fused-ring (bicyclic) bond motifs is 3. The summed E-state index contributed by atoms with van der Waals surface area (Å²) in [6, 6.07) is 59.4. The minimum absolute atomic E-state index is 0. The van der Waals surface area contributed by atoms with Crippen molar-refractivity contribution in [3.05, 3.63) is 176 Å². The molecule has 0 aliphatic carbocycles. The van der Waals surface area contributed by atoms with Gasteiger partial charge in [0.15, 0.2) is 0 Å². The van der Waals surface area contributed by atoms with Crippen molar-refractivity contribution in [1.29, 1.82) is 0 Å². The minimum Gasteiger partial charge on any atom is -0.657 e. The van der Waals surface area contributed by atoms with E-state index in [1.807, 2.05) is 76.1 Å². The Hall–Kier alpha value is -5.22. The SMILES string of the molecule is C1=[N+](c2ccccc2)C=C[N+]=1c1ccccc1.[Au+].c1ccc(N(c2ccccc2)c2ccc3[n-]c4ccccc4c3c2)cc1. The number of anilines is 3. The van der Waals surface area contributed by atoms with Gasteiger partial charge in [0.1, 0.15) is 0 Å². The number of hydrogen-bond acceptors (Lipinski definition) is 1. The maximum atomic E-state index is 4.74. The van der Waals surface area contributed by atoms with Crippen molar-refractivity contribution in [2.45, 2.75) is 0 Å². The zero-order valence-corrected chi connectivity index (χ0v) is 26.0. The van der Waals surface area contributed by atoms with Gasteiger partial charge in [-0.3, -0.25) is 0 Å². The Bertz CT molecular complexity index is 2000. The second kappa shape index (κ2) is 13.4. The third kappa shape index (κ3) is 6.11. The van der Waals surface area contributed by atoms with Crippen molar-refractivity contribution in [1.82, 2.24) is 4.98 Å². The molecule has 0 amide bonds. The average molecular weight is 751 g/mol. The van der Waals surface area contributed by atoms with Gasteiger partial charge in [0.2, 0.25) is 11.4 Å². The summed E-state index contributed by atoms with van der Waals surface area (Å²) >= 11 is 0. The van der Waals surface area contributed by atoms with Gasteiger partial charge in [-0.2, -0.15) is 0 Å². The molecular weight excluding hydrogens is 721 g/mol. The molecule has 44 heavy (non-hydrogen) atoms. The molecule has 7 aromatic rings. The number of benzene rings is 6. The Morgan fingerprint density at radius 3 is 1.43 bits per heavy atom. The van der Waals surface area contributed by atoms with Gasteiger partial charge in [-0.1, -0.05) is 112 Å². The summed E-state index contributed by atoms with van der Waals surface area (Å²) in [6.45, 7) is 0. The van der Waals surface area contributed by atoms with Gasteiger partial charge in [-0.15, -0.1) is 11.0 Å². The number of para-hydroxylation sites is 5. The average Bonchev–Trinajstić information content (AvgIpc) is 3.73. The Morgan fingerprint density at radius 1 is 0.432 bits per heavy atom. The van der Waals surface area contributed by atoms with E-state index in [0.29, 0.717) is 0 Å². The zero-order valence-electron chi connectivity index (χ0n) is 23.8. The molecule has 6 aromatic carbocycles. The maximum Gasteiger partial charge on any atom is 1.00 e. The Labute approximate surface area is 272 Å². The second-order valence-electron chi connectivity index (χ2n) is 10.1. The second-order valence-corrected chi connectivity index (χ2v) is 10.1. The summed E-state index contributed by atoms with van der Waals surface area (Å²) in [5.74, 6) is 0. The van der Waals surface area contributed by atoms with Gasteiger partial charge in [0.25, 0.3) is 12.4 Å². The molecule has 1 aromatic heterocycles. The molecule has 4 nitrogen and oxygen atoms in total. The van der Waals surface area contributed by atoms with Crippen molar-refractivity contribution in [2.24, 2.45) is 0 Å². The first-order valence-electron chi connectivity index (χ1n) is 14.3. The van der Waals surface area contributed by atoms with Crippen LogP contribution in [-0.2, 0) is 22.4 Å². The van der Waals surface area contributed by atoms with E-state index in [2.05, 4.69) is 120 Å². The summed E-state index contributed by atoms with van der Waals surface area (Å²) in [5.41, 5.74) is 7.72. The van der Waals surface area contributed by atoms with Crippen LogP contribution in [0.25, 0.3) is 21.8 Å². The van der Waals surface area contributed by atoms with Crippen LogP contribution in [0.3, 0.4) is 0 Å². The number of nitrogens with zero attached hydrogens (tertiary/aromatic N) is 4. The van der Waals surface area contributed by atoms with E-state index in [0.717, 1.165) is 39.5 Å². The summed E-state index contributed by atoms with van der Waals surface area (Å²) in [7, 11) is 0. The molecule has 8 rings (SSSR count). The molecule has 0 saturated carbocycles. The summed E-state index contributed by atoms with van der Waals surface area (Å²) in [5, 5.41) is 2.39. The van der Waals surface area contributed by atoms with Gasteiger partial charge in [0, 0.05) is 41.3 Å². The molecule has 0 spiro atoms. The number of hydrogen-bond donors (Lipinski definition) is 0. The summed E-state index contributed by atoms with van der Waals surface area (Å²) < 4.78 is 3.96. The van der Waals surface area contributed by atoms with Crippen molar-refractivity contribution in [2.75, 3.05) is 4.90 Å². The van der Waals surface area contributed by atoms with Crippen molar-refractivity contribution in [3.8, 4) is 0 Å². The van der Waals surface area contributed by atoms with Crippen molar-refractivity contribution in [3.63, 3.8) is 0 Å². The van der Waals surface area contributed by atoms with E-state index in [1.165, 1.54) is 10.8 Å². The topological polar surface area (TPSA) is 23.4 Å². The molecule has 1 aliphatic rings. The van der Waals surface area contributed by atoms with Crippen molar-refractivity contribution >= 4 is 56.3 Å². The molecular formula is C39H29AuN4+2. The van der Waals surface area contributed by atoms with Gasteiger partial charge >= 0.3 is 28.4 Å². The first-order chi connectivity index (χ1) is 21.3. The molecule has 0 fully saturated rings. The van der Waals surface area contributed by atoms with Crippen LogP contribution in [0.15, 0.2) is 176 Å². The molecule has 0 unspecified atom stereocenters. The molecule has 0 radical (unpaired) electrons. The normalized spacial score (nSPS) is 11.7. The summed E-state index contributed by atoms with van der Waals surface area (Å²) in [4.78, 5) is 7.02. The first-order valence-corrected chi connectivity index (χ1v) is 14.3. The van der Waals surface area contributed by atoms with Crippen molar-refractivity contribution < 1.29 is 31.5 Å². The zero-order chi connectivity index (χ0) is 28.8. The fourth-order valence-corrected chi connectivity index (χ4v) is 5.29. The fourth-order valence-electron chi connectivity index (χ4n) is 5.29. The number of aromatic nitrogens is 1. The molecule has 1 aliphatic heterocycles. The van der Waals surface area contributed by atoms with Gasteiger partial charge in [-0.05, 0) is 47.2 Å². The minimum atomic E-state index is 0. The van der Waals surface area contributed by atoms with E-state index in [9.17, 15) is 0 Å². The van der Waals surface area contributed by atoms with Gasteiger partial charge in [-0.25, -0.2) is 0 Å². The quantitative estimate of drug-likeness (QED) is 0.129. The molecule has 214 valence electrons. The van der Waals surface area contributed by atoms with Crippen LogP contribution in [0.2, 0.25) is 0 Å². The number of rotatable bonds is 5. The Kier molecular flexibility index (Phi) is 8.79. The fraction of sp³-hybridized carbons (Fsp3) is 0. The van der Waals surface area contributed by atoms with E-state index < -0.39 is 0 Å². The van der Waals surface area contributed by atoms with Crippen LogP contribution in [0, 0.1) is 0 Å². The third-order valence-corrected chi connectivity index (χ3v) is 7.35. The predicted octanol–water partition coefficient (Wildman–Crippen LogP) is 9.75. The van der Waals surface area contributed by atoms with Gasteiger partial charge in [0.05, 0.1) is 0 Å².